The predicted octanol–water partition coefficient (Wildman–Crippen LogP) is 4.24. The van der Waals surface area contributed by atoms with Gasteiger partial charge in [0.2, 0.25) is 0 Å². The number of hydrogen-bond acceptors (Lipinski definition) is 5. The Morgan fingerprint density at radius 2 is 1.74 bits per heavy atom. The van der Waals surface area contributed by atoms with E-state index in [0.29, 0.717) is 41.9 Å². The van der Waals surface area contributed by atoms with Gasteiger partial charge in [-0.05, 0) is 35.1 Å². The lowest BCUT2D eigenvalue weighted by atomic mass is 10.0. The summed E-state index contributed by atoms with van der Waals surface area (Å²) in [6, 6.07) is 17.8. The van der Waals surface area contributed by atoms with Crippen molar-refractivity contribution in [1.29, 1.82) is 0 Å². The molecule has 3 aromatic carbocycles. The summed E-state index contributed by atoms with van der Waals surface area (Å²) >= 11 is 11.7. The quantitative estimate of drug-likeness (QED) is 0.362. The molecule has 1 fully saturated rings. The average Bonchev–Trinajstić information content (AvgIpc) is 2.78. The van der Waals surface area contributed by atoms with E-state index in [4.69, 9.17) is 23.8 Å². The number of amides is 1. The Labute approximate surface area is 189 Å². The van der Waals surface area contributed by atoms with Crippen LogP contribution in [0.2, 0.25) is 5.02 Å². The number of hydrogen-bond donors (Lipinski definition) is 1. The first kappa shape index (κ1) is 21.0. The first-order chi connectivity index (χ1) is 14.9. The standard InChI is InChI=1S/C22H19ClN4O3S/c23-19-14-16(27(29)30)8-9-20(19)25-10-12-26(13-11-25)22(31)24-21(28)18-7-3-5-15-4-1-2-6-17(15)18/h1-9,14H,10-13H2,(H,24,28,31). The lowest BCUT2D eigenvalue weighted by Crippen LogP contribution is -2.52. The van der Waals surface area contributed by atoms with E-state index >= 15 is 0 Å². The number of nitrogens with one attached hydrogen (secondary N) is 1. The van der Waals surface area contributed by atoms with Gasteiger partial charge >= 0.3 is 0 Å². The molecule has 7 nitrogen and oxygen atoms in total. The fourth-order valence-corrected chi connectivity index (χ4v) is 4.25. The molecule has 0 aromatic heterocycles. The number of anilines is 1. The molecule has 0 unspecified atom stereocenters. The maximum absolute atomic E-state index is 12.8. The van der Waals surface area contributed by atoms with E-state index in [-0.39, 0.29) is 11.6 Å². The van der Waals surface area contributed by atoms with Crippen molar-refractivity contribution in [2.45, 2.75) is 0 Å². The van der Waals surface area contributed by atoms with Crippen molar-refractivity contribution in [3.63, 3.8) is 0 Å². The summed E-state index contributed by atoms with van der Waals surface area (Å²) in [6.07, 6.45) is 0. The number of thiocarbonyl (C=S) groups is 1. The number of benzene rings is 3. The van der Waals surface area contributed by atoms with E-state index in [9.17, 15) is 14.9 Å². The van der Waals surface area contributed by atoms with Gasteiger partial charge in [0.05, 0.1) is 15.6 Å². The molecule has 9 heteroatoms. The summed E-state index contributed by atoms with van der Waals surface area (Å²) in [5, 5.41) is 16.3. The number of fused-ring (bicyclic) bond motifs is 1. The van der Waals surface area contributed by atoms with E-state index in [1.54, 1.807) is 12.1 Å². The Morgan fingerprint density at radius 3 is 2.45 bits per heavy atom. The maximum Gasteiger partial charge on any atom is 0.271 e. The molecule has 158 valence electrons. The van der Waals surface area contributed by atoms with Gasteiger partial charge in [-0.25, -0.2) is 0 Å². The first-order valence-electron chi connectivity index (χ1n) is 9.71. The van der Waals surface area contributed by atoms with Gasteiger partial charge in [-0.2, -0.15) is 0 Å². The molecule has 4 rings (SSSR count). The Kier molecular flexibility index (Phi) is 6.01. The van der Waals surface area contributed by atoms with Crippen molar-refractivity contribution < 1.29 is 9.72 Å². The summed E-state index contributed by atoms with van der Waals surface area (Å²) in [4.78, 5) is 27.2. The molecule has 0 atom stereocenters. The summed E-state index contributed by atoms with van der Waals surface area (Å²) in [5.41, 5.74) is 1.29. The molecule has 0 bridgehead atoms. The number of nitro benzene ring substituents is 1. The van der Waals surface area contributed by atoms with Crippen LogP contribution in [0.25, 0.3) is 10.8 Å². The fraction of sp³-hybridized carbons (Fsp3) is 0.182. The van der Waals surface area contributed by atoms with Crippen LogP contribution in [0.3, 0.4) is 0 Å². The van der Waals surface area contributed by atoms with Gasteiger partial charge in [-0.15, -0.1) is 0 Å². The molecule has 1 aliphatic rings. The highest BCUT2D eigenvalue weighted by molar-refractivity contribution is 7.80. The van der Waals surface area contributed by atoms with Crippen LogP contribution >= 0.6 is 23.8 Å². The molecule has 31 heavy (non-hydrogen) atoms. The van der Waals surface area contributed by atoms with Crippen LogP contribution in [-0.2, 0) is 0 Å². The zero-order valence-electron chi connectivity index (χ0n) is 16.5. The van der Waals surface area contributed by atoms with Gasteiger partial charge in [0, 0.05) is 43.9 Å². The zero-order chi connectivity index (χ0) is 22.0. The van der Waals surface area contributed by atoms with E-state index < -0.39 is 4.92 Å². The van der Waals surface area contributed by atoms with Gasteiger partial charge in [0.25, 0.3) is 11.6 Å². The molecule has 1 heterocycles. The van der Waals surface area contributed by atoms with Gasteiger partial charge in [-0.1, -0.05) is 48.0 Å². The van der Waals surface area contributed by atoms with Crippen LogP contribution in [0, 0.1) is 10.1 Å². The molecule has 1 saturated heterocycles. The van der Waals surface area contributed by atoms with Gasteiger partial charge < -0.3 is 9.80 Å². The number of piperazine rings is 1. The molecule has 0 radical (unpaired) electrons. The zero-order valence-corrected chi connectivity index (χ0v) is 18.0. The topological polar surface area (TPSA) is 78.7 Å². The van der Waals surface area contributed by atoms with Gasteiger partial charge in [0.15, 0.2) is 5.11 Å². The molecule has 0 saturated carbocycles. The minimum absolute atomic E-state index is 0.0373. The molecule has 0 aliphatic carbocycles. The van der Waals surface area contributed by atoms with E-state index in [1.807, 2.05) is 41.3 Å². The summed E-state index contributed by atoms with van der Waals surface area (Å²) in [6.45, 7) is 2.45. The van der Waals surface area contributed by atoms with Crippen LogP contribution in [0.4, 0.5) is 11.4 Å². The summed E-state index contributed by atoms with van der Waals surface area (Å²) in [5.74, 6) is -0.234. The smallest absolute Gasteiger partial charge is 0.271 e. The third-order valence-electron chi connectivity index (χ3n) is 5.30. The first-order valence-corrected chi connectivity index (χ1v) is 10.5. The third-order valence-corrected chi connectivity index (χ3v) is 5.97. The van der Waals surface area contributed by atoms with Crippen molar-refractivity contribution in [3.05, 3.63) is 81.4 Å². The molecular formula is C22H19ClN4O3S. The third kappa shape index (κ3) is 4.45. The summed E-state index contributed by atoms with van der Waals surface area (Å²) < 4.78 is 0. The highest BCUT2D eigenvalue weighted by Crippen LogP contribution is 2.30. The lowest BCUT2D eigenvalue weighted by Gasteiger charge is -2.37. The largest absolute Gasteiger partial charge is 0.367 e. The Morgan fingerprint density at radius 1 is 1.03 bits per heavy atom. The van der Waals surface area contributed by atoms with Crippen molar-refractivity contribution >= 4 is 57.0 Å². The fourth-order valence-electron chi connectivity index (χ4n) is 3.68. The highest BCUT2D eigenvalue weighted by Gasteiger charge is 2.23. The van der Waals surface area contributed by atoms with Crippen molar-refractivity contribution in [3.8, 4) is 0 Å². The van der Waals surface area contributed by atoms with E-state index in [0.717, 1.165) is 16.5 Å². The van der Waals surface area contributed by atoms with E-state index in [1.165, 1.54) is 12.1 Å². The summed E-state index contributed by atoms with van der Waals surface area (Å²) in [7, 11) is 0. The van der Waals surface area contributed by atoms with Gasteiger partial charge in [-0.3, -0.25) is 20.2 Å². The van der Waals surface area contributed by atoms with Crippen LogP contribution in [0.15, 0.2) is 60.7 Å². The normalized spacial score (nSPS) is 13.8. The number of non-ortho nitro benzene ring substituents is 1. The SMILES string of the molecule is O=C(NC(=S)N1CCN(c2ccc([N+](=O)[O-])cc2Cl)CC1)c1cccc2ccccc12. The molecule has 3 aromatic rings. The monoisotopic (exact) mass is 454 g/mol. The minimum atomic E-state index is -0.468. The highest BCUT2D eigenvalue weighted by atomic mass is 35.5. The van der Waals surface area contributed by atoms with Gasteiger partial charge in [0.1, 0.15) is 0 Å². The molecule has 1 aliphatic heterocycles. The number of nitrogens with zero attached hydrogens (tertiary/aromatic N) is 3. The number of nitro groups is 1. The Bertz CT molecular complexity index is 1170. The molecular weight excluding hydrogens is 436 g/mol. The molecule has 1 N–H and O–H groups in total. The molecule has 1 amide bonds. The van der Waals surface area contributed by atoms with Crippen molar-refractivity contribution in [1.82, 2.24) is 10.2 Å². The number of carbonyl (C=O) groups is 1. The minimum Gasteiger partial charge on any atom is -0.367 e. The second-order valence-electron chi connectivity index (χ2n) is 7.15. The van der Waals surface area contributed by atoms with E-state index in [2.05, 4.69) is 10.2 Å². The predicted molar refractivity (Wildman–Crippen MR) is 126 cm³/mol. The maximum atomic E-state index is 12.8. The second kappa shape index (κ2) is 8.87. The average molecular weight is 455 g/mol. The van der Waals surface area contributed by atoms with Crippen molar-refractivity contribution in [2.24, 2.45) is 0 Å². The van der Waals surface area contributed by atoms with Crippen LogP contribution in [0.1, 0.15) is 10.4 Å². The van der Waals surface area contributed by atoms with Crippen LogP contribution in [0.5, 0.6) is 0 Å². The van der Waals surface area contributed by atoms with Crippen molar-refractivity contribution in [2.75, 3.05) is 31.1 Å². The van der Waals surface area contributed by atoms with Crippen LogP contribution < -0.4 is 10.2 Å². The second-order valence-corrected chi connectivity index (χ2v) is 7.95. The number of halogens is 1. The Hall–Kier alpha value is -3.23. The lowest BCUT2D eigenvalue weighted by molar-refractivity contribution is -0.384. The molecule has 0 spiro atoms. The Balaban J connectivity index is 1.39. The number of carbonyl (C=O) groups excluding carboxylic acids is 1. The van der Waals surface area contributed by atoms with Crippen LogP contribution in [-0.4, -0.2) is 47.0 Å². The number of rotatable bonds is 3.